The molecule has 0 aliphatic carbocycles. The first-order valence-corrected chi connectivity index (χ1v) is 7.45. The lowest BCUT2D eigenvalue weighted by Gasteiger charge is -2.09. The van der Waals surface area contributed by atoms with Crippen LogP contribution < -0.4 is 5.32 Å². The Kier molecular flexibility index (Phi) is 3.31. The fourth-order valence-electron chi connectivity index (χ4n) is 1.98. The summed E-state index contributed by atoms with van der Waals surface area (Å²) in [5.41, 5.74) is 0.566. The zero-order chi connectivity index (χ0) is 12.5. The summed E-state index contributed by atoms with van der Waals surface area (Å²) in [6.45, 7) is 0.873. The summed E-state index contributed by atoms with van der Waals surface area (Å²) < 4.78 is 22.5. The van der Waals surface area contributed by atoms with Crippen molar-refractivity contribution in [3.63, 3.8) is 0 Å². The molecule has 1 aromatic carbocycles. The zero-order valence-electron chi connectivity index (χ0n) is 9.64. The largest absolute Gasteiger partial charge is 0.307 e. The molecule has 1 fully saturated rings. The molecule has 1 heterocycles. The number of rotatable bonds is 3. The van der Waals surface area contributed by atoms with Crippen molar-refractivity contribution in [1.82, 2.24) is 5.32 Å². The fourth-order valence-corrected chi connectivity index (χ4v) is 2.61. The van der Waals surface area contributed by atoms with Gasteiger partial charge in [0.1, 0.15) is 0 Å². The second-order valence-electron chi connectivity index (χ2n) is 4.31. The molecule has 0 spiro atoms. The van der Waals surface area contributed by atoms with Crippen molar-refractivity contribution < 1.29 is 13.2 Å². The molecular formula is C12H15NO3S. The van der Waals surface area contributed by atoms with Crippen LogP contribution in [0.15, 0.2) is 29.2 Å². The van der Waals surface area contributed by atoms with Gasteiger partial charge in [-0.25, -0.2) is 8.42 Å². The minimum Gasteiger partial charge on any atom is -0.307 e. The van der Waals surface area contributed by atoms with Crippen LogP contribution in [0.5, 0.6) is 0 Å². The molecule has 0 saturated carbocycles. The number of carbonyl (C=O) groups excluding carboxylic acids is 1. The topological polar surface area (TPSA) is 63.2 Å². The maximum Gasteiger partial charge on any atom is 0.179 e. The van der Waals surface area contributed by atoms with Gasteiger partial charge in [0, 0.05) is 11.8 Å². The van der Waals surface area contributed by atoms with Gasteiger partial charge in [0.25, 0.3) is 0 Å². The summed E-state index contributed by atoms with van der Waals surface area (Å²) in [7, 11) is -3.19. The van der Waals surface area contributed by atoms with E-state index >= 15 is 0 Å². The van der Waals surface area contributed by atoms with Crippen molar-refractivity contribution in [1.29, 1.82) is 0 Å². The van der Waals surface area contributed by atoms with Gasteiger partial charge in [0.15, 0.2) is 15.6 Å². The fraction of sp³-hybridized carbons (Fsp3) is 0.417. The second-order valence-corrected chi connectivity index (χ2v) is 6.33. The predicted molar refractivity (Wildman–Crippen MR) is 64.9 cm³/mol. The van der Waals surface area contributed by atoms with E-state index in [1.165, 1.54) is 12.1 Å². The molecule has 1 unspecified atom stereocenters. The van der Waals surface area contributed by atoms with E-state index in [1.807, 2.05) is 0 Å². The molecule has 17 heavy (non-hydrogen) atoms. The molecule has 4 nitrogen and oxygen atoms in total. The second kappa shape index (κ2) is 4.58. The van der Waals surface area contributed by atoms with Crippen LogP contribution in [0.2, 0.25) is 0 Å². The van der Waals surface area contributed by atoms with Gasteiger partial charge in [-0.3, -0.25) is 4.79 Å². The lowest BCUT2D eigenvalue weighted by Crippen LogP contribution is -2.30. The highest BCUT2D eigenvalue weighted by Gasteiger charge is 2.23. The highest BCUT2D eigenvalue weighted by atomic mass is 32.2. The number of sulfone groups is 1. The Morgan fingerprint density at radius 3 is 2.41 bits per heavy atom. The molecular weight excluding hydrogens is 238 g/mol. The summed E-state index contributed by atoms with van der Waals surface area (Å²) >= 11 is 0. The van der Waals surface area contributed by atoms with Crippen molar-refractivity contribution in [2.45, 2.75) is 23.8 Å². The zero-order valence-corrected chi connectivity index (χ0v) is 10.5. The first-order chi connectivity index (χ1) is 7.98. The number of hydrogen-bond acceptors (Lipinski definition) is 4. The van der Waals surface area contributed by atoms with Gasteiger partial charge in [-0.15, -0.1) is 0 Å². The van der Waals surface area contributed by atoms with E-state index in [-0.39, 0.29) is 16.7 Å². The van der Waals surface area contributed by atoms with Crippen molar-refractivity contribution in [3.05, 3.63) is 29.8 Å². The van der Waals surface area contributed by atoms with Crippen LogP contribution in [-0.2, 0) is 9.84 Å². The Bertz CT molecular complexity index is 513. The van der Waals surface area contributed by atoms with Crippen molar-refractivity contribution in [2.24, 2.45) is 0 Å². The van der Waals surface area contributed by atoms with Crippen LogP contribution in [0.3, 0.4) is 0 Å². The summed E-state index contributed by atoms with van der Waals surface area (Å²) in [5, 5.41) is 3.13. The van der Waals surface area contributed by atoms with Gasteiger partial charge >= 0.3 is 0 Å². The van der Waals surface area contributed by atoms with Gasteiger partial charge in [-0.1, -0.05) is 12.1 Å². The number of carbonyl (C=O) groups is 1. The van der Waals surface area contributed by atoms with Crippen LogP contribution in [0.1, 0.15) is 23.2 Å². The van der Waals surface area contributed by atoms with Gasteiger partial charge in [-0.05, 0) is 31.5 Å². The van der Waals surface area contributed by atoms with E-state index in [9.17, 15) is 13.2 Å². The van der Waals surface area contributed by atoms with Crippen molar-refractivity contribution >= 4 is 15.6 Å². The lowest BCUT2D eigenvalue weighted by molar-refractivity contribution is 0.0952. The minimum absolute atomic E-state index is 0.0440. The molecule has 92 valence electrons. The number of ketones is 1. The van der Waals surface area contributed by atoms with E-state index in [1.54, 1.807) is 12.1 Å². The Labute approximate surface area is 101 Å². The third-order valence-corrected chi connectivity index (χ3v) is 4.07. The Hall–Kier alpha value is -1.20. The summed E-state index contributed by atoms with van der Waals surface area (Å²) in [6.07, 6.45) is 3.02. The molecule has 2 rings (SSSR count). The first-order valence-electron chi connectivity index (χ1n) is 5.56. The molecule has 0 bridgehead atoms. The van der Waals surface area contributed by atoms with Crippen LogP contribution in [-0.4, -0.2) is 33.0 Å². The molecule has 1 saturated heterocycles. The van der Waals surface area contributed by atoms with E-state index in [4.69, 9.17) is 0 Å². The number of benzene rings is 1. The van der Waals surface area contributed by atoms with E-state index in [2.05, 4.69) is 5.32 Å². The summed E-state index contributed by atoms with van der Waals surface area (Å²) in [5.74, 6) is 0.0440. The highest BCUT2D eigenvalue weighted by Crippen LogP contribution is 2.15. The van der Waals surface area contributed by atoms with Gasteiger partial charge in [-0.2, -0.15) is 0 Å². The average molecular weight is 253 g/mol. The maximum absolute atomic E-state index is 12.0. The molecule has 1 atom stereocenters. The van der Waals surface area contributed by atoms with Crippen molar-refractivity contribution in [2.75, 3.05) is 12.8 Å². The third kappa shape index (κ3) is 2.73. The third-order valence-electron chi connectivity index (χ3n) is 2.94. The quantitative estimate of drug-likeness (QED) is 0.817. The van der Waals surface area contributed by atoms with Crippen LogP contribution in [0.4, 0.5) is 0 Å². The van der Waals surface area contributed by atoms with E-state index in [0.29, 0.717) is 5.56 Å². The average Bonchev–Trinajstić information content (AvgIpc) is 2.80. The standard InChI is InChI=1S/C12H15NO3S/c1-17(15,16)10-6-4-9(5-7-10)12(14)11-3-2-8-13-11/h4-7,11,13H,2-3,8H2,1H3. The monoisotopic (exact) mass is 253 g/mol. The molecule has 1 aromatic rings. The number of hydrogen-bond donors (Lipinski definition) is 1. The van der Waals surface area contributed by atoms with Gasteiger partial charge < -0.3 is 5.32 Å². The normalized spacial score (nSPS) is 20.4. The lowest BCUT2D eigenvalue weighted by atomic mass is 10.0. The number of Topliss-reactive ketones (excluding diaryl/α,β-unsaturated/α-hetero) is 1. The number of nitrogens with one attached hydrogen (secondary N) is 1. The van der Waals surface area contributed by atoms with Crippen molar-refractivity contribution in [3.8, 4) is 0 Å². The van der Waals surface area contributed by atoms with Crippen LogP contribution >= 0.6 is 0 Å². The van der Waals surface area contributed by atoms with Crippen LogP contribution in [0, 0.1) is 0 Å². The minimum atomic E-state index is -3.19. The Morgan fingerprint density at radius 2 is 1.94 bits per heavy atom. The molecule has 0 aromatic heterocycles. The maximum atomic E-state index is 12.0. The smallest absolute Gasteiger partial charge is 0.179 e. The van der Waals surface area contributed by atoms with E-state index in [0.717, 1.165) is 25.6 Å². The molecule has 5 heteroatoms. The molecule has 0 amide bonds. The SMILES string of the molecule is CS(=O)(=O)c1ccc(C(=O)C2CCCN2)cc1. The molecule has 1 aliphatic rings. The Balaban J connectivity index is 2.20. The highest BCUT2D eigenvalue weighted by molar-refractivity contribution is 7.90. The summed E-state index contributed by atoms with van der Waals surface area (Å²) in [4.78, 5) is 12.2. The van der Waals surface area contributed by atoms with Gasteiger partial charge in [0.2, 0.25) is 0 Å². The Morgan fingerprint density at radius 1 is 1.29 bits per heavy atom. The molecule has 1 N–H and O–H groups in total. The summed E-state index contributed by atoms with van der Waals surface area (Å²) in [6, 6.07) is 6.02. The predicted octanol–water partition coefficient (Wildman–Crippen LogP) is 1.02. The molecule has 0 radical (unpaired) electrons. The van der Waals surface area contributed by atoms with E-state index < -0.39 is 9.84 Å². The van der Waals surface area contributed by atoms with Gasteiger partial charge in [0.05, 0.1) is 10.9 Å². The van der Waals surface area contributed by atoms with Crippen LogP contribution in [0.25, 0.3) is 0 Å². The first kappa shape index (κ1) is 12.3. The molecule has 1 aliphatic heterocycles.